The largest absolute Gasteiger partial charge is 0.469 e. The molecule has 0 aliphatic rings. The summed E-state index contributed by atoms with van der Waals surface area (Å²) in [6, 6.07) is 1.70. The van der Waals surface area contributed by atoms with E-state index in [9.17, 15) is 13.2 Å². The van der Waals surface area contributed by atoms with Crippen LogP contribution in [-0.2, 0) is 19.7 Å². The molecule has 0 bridgehead atoms. The van der Waals surface area contributed by atoms with Gasteiger partial charge in [0.25, 0.3) is 0 Å². The predicted octanol–water partition coefficient (Wildman–Crippen LogP) is 0.542. The zero-order valence-corrected chi connectivity index (χ0v) is 11.9. The SMILES string of the molecule is COC(=O)CCN(C)S(=O)(=O)Nc1cnccc1C. The fourth-order valence-electron chi connectivity index (χ4n) is 1.26. The molecule has 8 heteroatoms. The van der Waals surface area contributed by atoms with E-state index in [-0.39, 0.29) is 13.0 Å². The third-order valence-corrected chi connectivity index (χ3v) is 4.03. The van der Waals surface area contributed by atoms with Crippen molar-refractivity contribution in [2.75, 3.05) is 25.4 Å². The van der Waals surface area contributed by atoms with Gasteiger partial charge in [0, 0.05) is 19.8 Å². The van der Waals surface area contributed by atoms with Crippen LogP contribution in [0.15, 0.2) is 18.5 Å². The van der Waals surface area contributed by atoms with E-state index in [1.54, 1.807) is 19.2 Å². The number of aromatic nitrogens is 1. The van der Waals surface area contributed by atoms with Crippen molar-refractivity contribution in [2.45, 2.75) is 13.3 Å². The van der Waals surface area contributed by atoms with Crippen molar-refractivity contribution in [3.63, 3.8) is 0 Å². The molecule has 1 rings (SSSR count). The summed E-state index contributed by atoms with van der Waals surface area (Å²) in [5.74, 6) is -0.459. The van der Waals surface area contributed by atoms with E-state index in [1.807, 2.05) is 0 Å². The van der Waals surface area contributed by atoms with Crippen molar-refractivity contribution < 1.29 is 17.9 Å². The lowest BCUT2D eigenvalue weighted by atomic mass is 10.3. The van der Waals surface area contributed by atoms with Gasteiger partial charge in [0.05, 0.1) is 25.4 Å². The van der Waals surface area contributed by atoms with Gasteiger partial charge in [0.15, 0.2) is 0 Å². The normalized spacial score (nSPS) is 11.4. The average Bonchev–Trinajstić information content (AvgIpc) is 2.37. The predicted molar refractivity (Wildman–Crippen MR) is 70.8 cm³/mol. The van der Waals surface area contributed by atoms with Crippen LogP contribution in [0.25, 0.3) is 0 Å². The number of rotatable bonds is 6. The highest BCUT2D eigenvalue weighted by Gasteiger charge is 2.19. The molecular weight excluding hydrogens is 270 g/mol. The number of carbonyl (C=O) groups excluding carboxylic acids is 1. The fourth-order valence-corrected chi connectivity index (χ4v) is 2.24. The van der Waals surface area contributed by atoms with Crippen LogP contribution in [0.5, 0.6) is 0 Å². The van der Waals surface area contributed by atoms with Gasteiger partial charge < -0.3 is 4.74 Å². The molecule has 0 radical (unpaired) electrons. The third kappa shape index (κ3) is 4.49. The second-order valence-corrected chi connectivity index (χ2v) is 5.72. The van der Waals surface area contributed by atoms with Crippen molar-refractivity contribution in [3.8, 4) is 0 Å². The number of hydrogen-bond acceptors (Lipinski definition) is 5. The van der Waals surface area contributed by atoms with Gasteiger partial charge in [0.2, 0.25) is 0 Å². The Balaban J connectivity index is 2.70. The first-order valence-corrected chi connectivity index (χ1v) is 7.02. The molecule has 19 heavy (non-hydrogen) atoms. The molecule has 0 unspecified atom stereocenters. The molecule has 1 aromatic rings. The molecule has 1 heterocycles. The Labute approximate surface area is 112 Å². The van der Waals surface area contributed by atoms with Crippen LogP contribution < -0.4 is 4.72 Å². The molecule has 0 saturated carbocycles. The molecule has 106 valence electrons. The van der Waals surface area contributed by atoms with Crippen molar-refractivity contribution >= 4 is 21.9 Å². The van der Waals surface area contributed by atoms with Crippen LogP contribution in [0.2, 0.25) is 0 Å². The summed E-state index contributed by atoms with van der Waals surface area (Å²) in [5, 5.41) is 0. The van der Waals surface area contributed by atoms with Gasteiger partial charge in [-0.15, -0.1) is 0 Å². The number of ether oxygens (including phenoxy) is 1. The van der Waals surface area contributed by atoms with Crippen LogP contribution in [0, 0.1) is 6.92 Å². The van der Waals surface area contributed by atoms with E-state index < -0.39 is 16.2 Å². The van der Waals surface area contributed by atoms with Crippen LogP contribution in [0.4, 0.5) is 5.69 Å². The molecule has 7 nitrogen and oxygen atoms in total. The standard InChI is InChI=1S/C11H17N3O4S/c1-9-4-6-12-8-10(9)13-19(16,17)14(2)7-5-11(15)18-3/h4,6,8,13H,5,7H2,1-3H3. The minimum absolute atomic E-state index is 0.0000676. The molecule has 0 aromatic carbocycles. The first-order valence-electron chi connectivity index (χ1n) is 5.58. The summed E-state index contributed by atoms with van der Waals surface area (Å²) < 4.78 is 31.9. The first kappa shape index (κ1) is 15.4. The maximum atomic E-state index is 12.0. The van der Waals surface area contributed by atoms with E-state index in [4.69, 9.17) is 0 Å². The quantitative estimate of drug-likeness (QED) is 0.771. The monoisotopic (exact) mass is 287 g/mol. The van der Waals surface area contributed by atoms with Crippen molar-refractivity contribution in [1.29, 1.82) is 0 Å². The molecule has 0 aliphatic carbocycles. The summed E-state index contributed by atoms with van der Waals surface area (Å²) in [5.41, 5.74) is 1.17. The Kier molecular flexibility index (Phi) is 5.25. The number of carbonyl (C=O) groups is 1. The number of methoxy groups -OCH3 is 1. The number of pyridine rings is 1. The van der Waals surface area contributed by atoms with Crippen molar-refractivity contribution in [3.05, 3.63) is 24.0 Å². The Morgan fingerprint density at radius 3 is 2.79 bits per heavy atom. The number of aryl methyl sites for hydroxylation is 1. The smallest absolute Gasteiger partial charge is 0.306 e. The number of esters is 1. The molecule has 0 amide bonds. The molecule has 0 spiro atoms. The van der Waals surface area contributed by atoms with Crippen LogP contribution in [-0.4, -0.2) is 44.4 Å². The number of nitrogens with zero attached hydrogens (tertiary/aromatic N) is 2. The van der Waals surface area contributed by atoms with Gasteiger partial charge >= 0.3 is 16.2 Å². The second-order valence-electron chi connectivity index (χ2n) is 3.95. The zero-order valence-electron chi connectivity index (χ0n) is 11.1. The van der Waals surface area contributed by atoms with E-state index in [2.05, 4.69) is 14.4 Å². The summed E-state index contributed by atoms with van der Waals surface area (Å²) in [7, 11) is -1.06. The van der Waals surface area contributed by atoms with Gasteiger partial charge in [-0.25, -0.2) is 0 Å². The van der Waals surface area contributed by atoms with E-state index in [0.717, 1.165) is 9.87 Å². The maximum Gasteiger partial charge on any atom is 0.306 e. The summed E-state index contributed by atoms with van der Waals surface area (Å²) in [6.07, 6.45) is 3.01. The highest BCUT2D eigenvalue weighted by atomic mass is 32.2. The molecule has 0 fully saturated rings. The van der Waals surface area contributed by atoms with Crippen LogP contribution >= 0.6 is 0 Å². The van der Waals surface area contributed by atoms with Gasteiger partial charge in [-0.2, -0.15) is 12.7 Å². The van der Waals surface area contributed by atoms with E-state index in [0.29, 0.717) is 5.69 Å². The topological polar surface area (TPSA) is 88.6 Å². The maximum absolute atomic E-state index is 12.0. The average molecular weight is 287 g/mol. The number of hydrogen-bond donors (Lipinski definition) is 1. The van der Waals surface area contributed by atoms with E-state index >= 15 is 0 Å². The summed E-state index contributed by atoms with van der Waals surface area (Å²) >= 11 is 0. The molecule has 1 N–H and O–H groups in total. The van der Waals surface area contributed by atoms with Crippen LogP contribution in [0.3, 0.4) is 0 Å². The molecule has 0 saturated heterocycles. The number of anilines is 1. The van der Waals surface area contributed by atoms with Crippen LogP contribution in [0.1, 0.15) is 12.0 Å². The molecule has 0 atom stereocenters. The van der Waals surface area contributed by atoms with Gasteiger partial charge in [-0.05, 0) is 18.6 Å². The second kappa shape index (κ2) is 6.48. The lowest BCUT2D eigenvalue weighted by Crippen LogP contribution is -2.34. The lowest BCUT2D eigenvalue weighted by Gasteiger charge is -2.18. The summed E-state index contributed by atoms with van der Waals surface area (Å²) in [4.78, 5) is 14.8. The van der Waals surface area contributed by atoms with Gasteiger partial charge in [-0.3, -0.25) is 14.5 Å². The first-order chi connectivity index (χ1) is 8.86. The molecule has 1 aromatic heterocycles. The summed E-state index contributed by atoms with van der Waals surface area (Å²) in [6.45, 7) is 1.81. The van der Waals surface area contributed by atoms with Crippen molar-refractivity contribution in [1.82, 2.24) is 9.29 Å². The van der Waals surface area contributed by atoms with Crippen molar-refractivity contribution in [2.24, 2.45) is 0 Å². The third-order valence-electron chi connectivity index (χ3n) is 2.55. The Bertz CT molecular complexity index is 545. The minimum atomic E-state index is -3.70. The van der Waals surface area contributed by atoms with Gasteiger partial charge in [-0.1, -0.05) is 0 Å². The lowest BCUT2D eigenvalue weighted by molar-refractivity contribution is -0.140. The highest BCUT2D eigenvalue weighted by Crippen LogP contribution is 2.14. The zero-order chi connectivity index (χ0) is 14.5. The van der Waals surface area contributed by atoms with E-state index in [1.165, 1.54) is 20.4 Å². The Morgan fingerprint density at radius 2 is 2.21 bits per heavy atom. The van der Waals surface area contributed by atoms with Gasteiger partial charge in [0.1, 0.15) is 0 Å². The number of nitrogens with one attached hydrogen (secondary N) is 1. The minimum Gasteiger partial charge on any atom is -0.469 e. The molecular formula is C11H17N3O4S. The Morgan fingerprint density at radius 1 is 1.53 bits per heavy atom. The fraction of sp³-hybridized carbons (Fsp3) is 0.455. The highest BCUT2D eigenvalue weighted by molar-refractivity contribution is 7.90. The molecule has 0 aliphatic heterocycles. The Hall–Kier alpha value is -1.67.